The van der Waals surface area contributed by atoms with Crippen LogP contribution < -0.4 is 5.73 Å². The Morgan fingerprint density at radius 2 is 1.67 bits per heavy atom. The highest BCUT2D eigenvalue weighted by atomic mass is 35.5. The minimum Gasteiger partial charge on any atom is -0.478 e. The lowest BCUT2D eigenvalue weighted by Crippen LogP contribution is -2.04. The summed E-state index contributed by atoms with van der Waals surface area (Å²) in [5, 5.41) is 7.89. The van der Waals surface area contributed by atoms with E-state index in [1.807, 2.05) is 0 Å². The first-order valence-electron chi connectivity index (χ1n) is 2.72. The molecule has 0 saturated carbocycles. The molecule has 0 aliphatic rings. The van der Waals surface area contributed by atoms with Crippen LogP contribution in [-0.4, -0.2) is 17.0 Å². The summed E-state index contributed by atoms with van der Waals surface area (Å²) < 4.78 is 0. The number of aliphatic carboxylic acids is 1. The molecule has 5 heteroatoms. The normalized spacial score (nSPS) is 6.42. The zero-order chi connectivity index (χ0) is 9.44. The second-order valence-electron chi connectivity index (χ2n) is 1.69. The number of halogens is 1. The zero-order valence-electron chi connectivity index (χ0n) is 6.74. The van der Waals surface area contributed by atoms with Gasteiger partial charge >= 0.3 is 5.97 Å². The van der Waals surface area contributed by atoms with Gasteiger partial charge in [-0.15, -0.1) is 12.4 Å². The van der Waals surface area contributed by atoms with Crippen LogP contribution in [0.2, 0.25) is 0 Å². The highest BCUT2D eigenvalue weighted by molar-refractivity contribution is 5.85. The van der Waals surface area contributed by atoms with Gasteiger partial charge in [0.1, 0.15) is 0 Å². The standard InChI is InChI=1S/C4H6O2.C3H5NO.ClH/c1-3(2)4(5)6;1-2-3(4)5;/h1H2,2H3,(H,5,6);2H,1H2,(H2,4,5);1H. The molecule has 0 aromatic rings. The van der Waals surface area contributed by atoms with E-state index < -0.39 is 11.9 Å². The molecular weight excluding hydrogens is 182 g/mol. The van der Waals surface area contributed by atoms with E-state index in [0.29, 0.717) is 0 Å². The Hall–Kier alpha value is -1.29. The molecule has 0 aromatic carbocycles. The number of rotatable bonds is 2. The van der Waals surface area contributed by atoms with Crippen molar-refractivity contribution in [2.45, 2.75) is 6.92 Å². The molecule has 0 unspecified atom stereocenters. The Kier molecular flexibility index (Phi) is 13.7. The number of carbonyl (C=O) groups is 2. The Morgan fingerprint density at radius 3 is 1.67 bits per heavy atom. The van der Waals surface area contributed by atoms with Gasteiger partial charge < -0.3 is 10.8 Å². The topological polar surface area (TPSA) is 80.4 Å². The summed E-state index contributed by atoms with van der Waals surface area (Å²) in [5.74, 6) is -1.42. The van der Waals surface area contributed by atoms with Crippen molar-refractivity contribution in [3.05, 3.63) is 24.8 Å². The minimum atomic E-state index is -0.935. The fraction of sp³-hybridized carbons (Fsp3) is 0.143. The van der Waals surface area contributed by atoms with Gasteiger partial charge in [-0.25, -0.2) is 4.79 Å². The van der Waals surface area contributed by atoms with Crippen LogP contribution in [0, 0.1) is 0 Å². The van der Waals surface area contributed by atoms with E-state index in [2.05, 4.69) is 18.9 Å². The zero-order valence-corrected chi connectivity index (χ0v) is 7.56. The predicted octanol–water partition coefficient (Wildman–Crippen LogP) is 0.727. The Balaban J connectivity index is -0.000000126. The molecule has 0 atom stereocenters. The van der Waals surface area contributed by atoms with Gasteiger partial charge in [-0.3, -0.25) is 4.79 Å². The van der Waals surface area contributed by atoms with Crippen LogP contribution in [0.25, 0.3) is 0 Å². The molecule has 0 fully saturated rings. The summed E-state index contributed by atoms with van der Waals surface area (Å²) in [7, 11) is 0. The van der Waals surface area contributed by atoms with Crippen LogP contribution in [0.5, 0.6) is 0 Å². The van der Waals surface area contributed by atoms with Gasteiger partial charge in [0.05, 0.1) is 0 Å². The van der Waals surface area contributed by atoms with Crippen molar-refractivity contribution in [1.29, 1.82) is 0 Å². The maximum absolute atomic E-state index is 9.60. The second kappa shape index (κ2) is 9.71. The first kappa shape index (κ1) is 17.0. The van der Waals surface area contributed by atoms with E-state index in [9.17, 15) is 9.59 Å². The lowest BCUT2D eigenvalue weighted by molar-refractivity contribution is -0.132. The van der Waals surface area contributed by atoms with Gasteiger partial charge in [0.25, 0.3) is 0 Å². The smallest absolute Gasteiger partial charge is 0.330 e. The van der Waals surface area contributed by atoms with Gasteiger partial charge in [0, 0.05) is 5.57 Å². The average molecular weight is 194 g/mol. The maximum Gasteiger partial charge on any atom is 0.330 e. The molecule has 4 nitrogen and oxygen atoms in total. The van der Waals surface area contributed by atoms with Crippen molar-refractivity contribution in [1.82, 2.24) is 0 Å². The van der Waals surface area contributed by atoms with Crippen molar-refractivity contribution in [3.8, 4) is 0 Å². The van der Waals surface area contributed by atoms with Crippen LogP contribution in [0.4, 0.5) is 0 Å². The number of amides is 1. The van der Waals surface area contributed by atoms with E-state index in [1.165, 1.54) is 6.92 Å². The van der Waals surface area contributed by atoms with Crippen LogP contribution >= 0.6 is 12.4 Å². The predicted molar refractivity (Wildman–Crippen MR) is 49.1 cm³/mol. The molecule has 0 aliphatic heterocycles. The summed E-state index contributed by atoms with van der Waals surface area (Å²) >= 11 is 0. The van der Waals surface area contributed by atoms with Crippen LogP contribution in [0.3, 0.4) is 0 Å². The third-order valence-electron chi connectivity index (χ3n) is 0.566. The highest BCUT2D eigenvalue weighted by Gasteiger charge is 1.90. The molecule has 0 rings (SSSR count). The number of hydrogen-bond acceptors (Lipinski definition) is 2. The van der Waals surface area contributed by atoms with E-state index in [4.69, 9.17) is 5.11 Å². The Labute approximate surface area is 77.2 Å². The monoisotopic (exact) mass is 193 g/mol. The van der Waals surface area contributed by atoms with E-state index >= 15 is 0 Å². The third kappa shape index (κ3) is 23.3. The van der Waals surface area contributed by atoms with Gasteiger partial charge in [0.2, 0.25) is 5.91 Å². The van der Waals surface area contributed by atoms with Gasteiger partial charge in [-0.2, -0.15) is 0 Å². The fourth-order valence-corrected chi connectivity index (χ4v) is 0. The minimum absolute atomic E-state index is 0. The third-order valence-corrected chi connectivity index (χ3v) is 0.566. The molecule has 0 aliphatic carbocycles. The summed E-state index contributed by atoms with van der Waals surface area (Å²) in [6, 6.07) is 0. The largest absolute Gasteiger partial charge is 0.478 e. The SMILES string of the molecule is C=C(C)C(=O)O.C=CC(N)=O.Cl. The van der Waals surface area contributed by atoms with Crippen molar-refractivity contribution in [2.24, 2.45) is 5.73 Å². The number of carboxylic acid groups (broad SMARTS) is 1. The van der Waals surface area contributed by atoms with Crippen LogP contribution in [-0.2, 0) is 9.59 Å². The summed E-state index contributed by atoms with van der Waals surface area (Å²) in [6.07, 6.45) is 1.06. The molecule has 1 amide bonds. The lowest BCUT2D eigenvalue weighted by atomic mass is 10.4. The van der Waals surface area contributed by atoms with Crippen molar-refractivity contribution < 1.29 is 14.7 Å². The van der Waals surface area contributed by atoms with E-state index in [-0.39, 0.29) is 18.0 Å². The molecule has 0 spiro atoms. The average Bonchev–Trinajstić information content (AvgIpc) is 1.89. The van der Waals surface area contributed by atoms with Crippen molar-refractivity contribution >= 4 is 24.3 Å². The molecule has 0 radical (unpaired) electrons. The van der Waals surface area contributed by atoms with Crippen LogP contribution in [0.1, 0.15) is 6.92 Å². The molecule has 0 heterocycles. The molecule has 12 heavy (non-hydrogen) atoms. The molecule has 3 N–H and O–H groups in total. The quantitative estimate of drug-likeness (QED) is 0.635. The summed E-state index contributed by atoms with van der Waals surface area (Å²) in [4.78, 5) is 19.1. The van der Waals surface area contributed by atoms with Gasteiger partial charge in [-0.1, -0.05) is 13.2 Å². The molecule has 0 bridgehead atoms. The first-order chi connectivity index (χ1) is 4.91. The number of primary amides is 1. The summed E-state index contributed by atoms with van der Waals surface area (Å²) in [5.41, 5.74) is 4.71. The Bertz CT molecular complexity index is 177. The van der Waals surface area contributed by atoms with E-state index in [0.717, 1.165) is 6.08 Å². The number of carboxylic acids is 1. The molecule has 0 saturated heterocycles. The van der Waals surface area contributed by atoms with Gasteiger partial charge in [-0.05, 0) is 13.0 Å². The molecule has 70 valence electrons. The van der Waals surface area contributed by atoms with Crippen molar-refractivity contribution in [3.63, 3.8) is 0 Å². The second-order valence-corrected chi connectivity index (χ2v) is 1.69. The maximum atomic E-state index is 9.60. The van der Waals surface area contributed by atoms with E-state index in [1.54, 1.807) is 0 Å². The van der Waals surface area contributed by atoms with Crippen molar-refractivity contribution in [2.75, 3.05) is 0 Å². The number of carbonyl (C=O) groups excluding carboxylic acids is 1. The Morgan fingerprint density at radius 1 is 1.50 bits per heavy atom. The first-order valence-corrected chi connectivity index (χ1v) is 2.72. The van der Waals surface area contributed by atoms with Gasteiger partial charge in [0.15, 0.2) is 0 Å². The lowest BCUT2D eigenvalue weighted by Gasteiger charge is -1.79. The summed E-state index contributed by atoms with van der Waals surface area (Å²) in [6.45, 7) is 7.69. The number of hydrogen-bond donors (Lipinski definition) is 2. The fourth-order valence-electron chi connectivity index (χ4n) is 0. The highest BCUT2D eigenvalue weighted by Crippen LogP contribution is 1.81. The van der Waals surface area contributed by atoms with Crippen LogP contribution in [0.15, 0.2) is 24.8 Å². The number of nitrogens with two attached hydrogens (primary N) is 1. The molecule has 0 aromatic heterocycles. The molecular formula is C7H12ClNO3.